The van der Waals surface area contributed by atoms with Gasteiger partial charge >= 0.3 is 0 Å². The maximum absolute atomic E-state index is 10.3. The Morgan fingerprint density at radius 1 is 1.33 bits per heavy atom. The molecule has 1 N–H and O–H groups in total. The van der Waals surface area contributed by atoms with E-state index in [0.717, 1.165) is 43.3 Å². The summed E-state index contributed by atoms with van der Waals surface area (Å²) in [6.45, 7) is 8.22. The lowest BCUT2D eigenvalue weighted by Crippen LogP contribution is -2.27. The predicted octanol–water partition coefficient (Wildman–Crippen LogP) is 3.37. The molecule has 1 saturated carbocycles. The van der Waals surface area contributed by atoms with Crippen LogP contribution in [0.25, 0.3) is 0 Å². The largest absolute Gasteiger partial charge is 0.492 e. The quantitative estimate of drug-likeness (QED) is 0.902. The second kappa shape index (κ2) is 6.37. The van der Waals surface area contributed by atoms with Crippen molar-refractivity contribution in [2.75, 3.05) is 19.7 Å². The summed E-state index contributed by atoms with van der Waals surface area (Å²) in [6.07, 6.45) is 3.22. The average Bonchev–Trinajstić information content (AvgIpc) is 3.24. The molecule has 116 valence electrons. The van der Waals surface area contributed by atoms with Crippen LogP contribution in [0, 0.1) is 11.8 Å². The van der Waals surface area contributed by atoms with E-state index in [4.69, 9.17) is 4.74 Å². The molecule has 0 radical (unpaired) electrons. The summed E-state index contributed by atoms with van der Waals surface area (Å²) in [5.74, 6) is 2.40. The third-order valence-electron chi connectivity index (χ3n) is 4.44. The number of fused-ring (bicyclic) bond motifs is 1. The Morgan fingerprint density at radius 3 is 2.86 bits per heavy atom. The summed E-state index contributed by atoms with van der Waals surface area (Å²) >= 11 is 0. The number of nitrogens with zero attached hydrogens (tertiary/aromatic N) is 1. The van der Waals surface area contributed by atoms with Crippen LogP contribution in [-0.2, 0) is 6.54 Å². The first-order chi connectivity index (χ1) is 10.1. The lowest BCUT2D eigenvalue weighted by Gasteiger charge is -2.20. The summed E-state index contributed by atoms with van der Waals surface area (Å²) in [7, 11) is 0. The van der Waals surface area contributed by atoms with Crippen LogP contribution in [0.4, 0.5) is 0 Å². The normalized spacial score (nSPS) is 20.8. The molecule has 3 heteroatoms. The minimum atomic E-state index is -0.365. The van der Waals surface area contributed by atoms with Crippen LogP contribution in [-0.4, -0.2) is 29.7 Å². The topological polar surface area (TPSA) is 32.7 Å². The Hall–Kier alpha value is -1.06. The molecule has 1 aromatic carbocycles. The van der Waals surface area contributed by atoms with Gasteiger partial charge in [0, 0.05) is 25.2 Å². The molecule has 0 aromatic heterocycles. The number of hydrogen-bond donors (Lipinski definition) is 1. The van der Waals surface area contributed by atoms with E-state index < -0.39 is 0 Å². The minimum absolute atomic E-state index is 0.365. The van der Waals surface area contributed by atoms with E-state index in [1.807, 2.05) is 12.1 Å². The van der Waals surface area contributed by atoms with Crippen LogP contribution < -0.4 is 4.74 Å². The van der Waals surface area contributed by atoms with E-state index in [1.54, 1.807) is 0 Å². The number of ether oxygens (including phenoxy) is 1. The zero-order valence-electron chi connectivity index (χ0n) is 13.2. The van der Waals surface area contributed by atoms with Gasteiger partial charge in [-0.3, -0.25) is 4.90 Å². The van der Waals surface area contributed by atoms with E-state index in [2.05, 4.69) is 24.8 Å². The van der Waals surface area contributed by atoms with Gasteiger partial charge in [0.15, 0.2) is 0 Å². The van der Waals surface area contributed by atoms with Crippen LogP contribution in [0.2, 0.25) is 0 Å². The molecule has 0 spiro atoms. The molecule has 1 aliphatic heterocycles. The summed E-state index contributed by atoms with van der Waals surface area (Å²) in [5, 5.41) is 10.3. The first kappa shape index (κ1) is 14.9. The first-order valence-corrected chi connectivity index (χ1v) is 8.28. The Morgan fingerprint density at radius 2 is 2.14 bits per heavy atom. The predicted molar refractivity (Wildman–Crippen MR) is 84.4 cm³/mol. The fraction of sp³-hybridized carbons (Fsp3) is 0.667. The van der Waals surface area contributed by atoms with Crippen molar-refractivity contribution in [2.24, 2.45) is 11.8 Å². The lowest BCUT2D eigenvalue weighted by molar-refractivity contribution is 0.151. The van der Waals surface area contributed by atoms with Crippen molar-refractivity contribution in [3.8, 4) is 5.75 Å². The van der Waals surface area contributed by atoms with E-state index >= 15 is 0 Å². The van der Waals surface area contributed by atoms with Crippen LogP contribution in [0.3, 0.4) is 0 Å². The molecule has 0 saturated heterocycles. The molecule has 2 aliphatic rings. The van der Waals surface area contributed by atoms with E-state index in [1.165, 1.54) is 24.9 Å². The molecule has 1 aliphatic carbocycles. The third kappa shape index (κ3) is 3.98. The van der Waals surface area contributed by atoms with Gasteiger partial charge in [-0.1, -0.05) is 19.9 Å². The van der Waals surface area contributed by atoms with Crippen LogP contribution in [0.1, 0.15) is 50.3 Å². The molecule has 0 amide bonds. The van der Waals surface area contributed by atoms with Gasteiger partial charge in [-0.2, -0.15) is 0 Å². The second-order valence-corrected chi connectivity index (χ2v) is 7.04. The van der Waals surface area contributed by atoms with Gasteiger partial charge in [-0.05, 0) is 48.8 Å². The van der Waals surface area contributed by atoms with E-state index in [0.29, 0.717) is 5.92 Å². The fourth-order valence-corrected chi connectivity index (χ4v) is 3.08. The summed E-state index contributed by atoms with van der Waals surface area (Å²) in [5.41, 5.74) is 2.26. The van der Waals surface area contributed by atoms with Crippen molar-refractivity contribution >= 4 is 0 Å². The van der Waals surface area contributed by atoms with Crippen molar-refractivity contribution in [1.29, 1.82) is 0 Å². The highest BCUT2D eigenvalue weighted by atomic mass is 16.5. The monoisotopic (exact) mass is 289 g/mol. The van der Waals surface area contributed by atoms with Crippen molar-refractivity contribution in [3.63, 3.8) is 0 Å². The fourth-order valence-electron chi connectivity index (χ4n) is 3.08. The Labute approximate surface area is 127 Å². The molecule has 1 fully saturated rings. The first-order valence-electron chi connectivity index (χ1n) is 8.28. The Kier molecular flexibility index (Phi) is 4.51. The highest BCUT2D eigenvalue weighted by molar-refractivity contribution is 5.38. The van der Waals surface area contributed by atoms with Gasteiger partial charge in [0.25, 0.3) is 0 Å². The molecule has 3 nitrogen and oxygen atoms in total. The number of benzene rings is 1. The molecular formula is C18H27NO2. The zero-order chi connectivity index (χ0) is 14.8. The summed E-state index contributed by atoms with van der Waals surface area (Å²) in [4.78, 5) is 2.50. The molecule has 1 aromatic rings. The SMILES string of the molecule is CC(C)CC(O)c1ccc2c(c1)CN(CC1CC1)CCO2. The van der Waals surface area contributed by atoms with Crippen molar-refractivity contribution in [3.05, 3.63) is 29.3 Å². The van der Waals surface area contributed by atoms with Gasteiger partial charge in [-0.25, -0.2) is 0 Å². The van der Waals surface area contributed by atoms with Crippen LogP contribution in [0.15, 0.2) is 18.2 Å². The standard InChI is InChI=1S/C18H27NO2/c1-13(2)9-17(20)15-5-6-18-16(10-15)12-19(7-8-21-18)11-14-3-4-14/h5-6,10,13-14,17,20H,3-4,7-9,11-12H2,1-2H3. The Balaban J connectivity index is 1.74. The maximum Gasteiger partial charge on any atom is 0.123 e. The number of aliphatic hydroxyl groups is 1. The minimum Gasteiger partial charge on any atom is -0.492 e. The summed E-state index contributed by atoms with van der Waals surface area (Å²) < 4.78 is 5.87. The molecule has 1 heterocycles. The van der Waals surface area contributed by atoms with Crippen LogP contribution >= 0.6 is 0 Å². The van der Waals surface area contributed by atoms with E-state index in [-0.39, 0.29) is 6.10 Å². The smallest absolute Gasteiger partial charge is 0.123 e. The molecule has 1 unspecified atom stereocenters. The highest BCUT2D eigenvalue weighted by Gasteiger charge is 2.26. The van der Waals surface area contributed by atoms with E-state index in [9.17, 15) is 5.11 Å². The average molecular weight is 289 g/mol. The van der Waals surface area contributed by atoms with Crippen molar-refractivity contribution in [2.45, 2.75) is 45.8 Å². The van der Waals surface area contributed by atoms with Gasteiger partial charge < -0.3 is 9.84 Å². The van der Waals surface area contributed by atoms with Gasteiger partial charge in [0.2, 0.25) is 0 Å². The third-order valence-corrected chi connectivity index (χ3v) is 4.44. The van der Waals surface area contributed by atoms with Crippen molar-refractivity contribution in [1.82, 2.24) is 4.90 Å². The summed E-state index contributed by atoms with van der Waals surface area (Å²) in [6, 6.07) is 6.20. The van der Waals surface area contributed by atoms with Gasteiger partial charge in [-0.15, -0.1) is 0 Å². The molecule has 0 bridgehead atoms. The number of hydrogen-bond acceptors (Lipinski definition) is 3. The number of rotatable bonds is 5. The van der Waals surface area contributed by atoms with Crippen LogP contribution in [0.5, 0.6) is 5.75 Å². The van der Waals surface area contributed by atoms with Crippen molar-refractivity contribution < 1.29 is 9.84 Å². The van der Waals surface area contributed by atoms with Gasteiger partial charge in [0.05, 0.1) is 6.10 Å². The Bertz CT molecular complexity index is 482. The molecule has 21 heavy (non-hydrogen) atoms. The highest BCUT2D eigenvalue weighted by Crippen LogP contribution is 2.33. The molecular weight excluding hydrogens is 262 g/mol. The zero-order valence-corrected chi connectivity index (χ0v) is 13.2. The lowest BCUT2D eigenvalue weighted by atomic mass is 9.97. The van der Waals surface area contributed by atoms with Gasteiger partial charge in [0.1, 0.15) is 12.4 Å². The maximum atomic E-state index is 10.3. The molecule has 1 atom stereocenters. The second-order valence-electron chi connectivity index (χ2n) is 7.04. The number of aliphatic hydroxyl groups excluding tert-OH is 1. The molecule has 3 rings (SSSR count).